The van der Waals surface area contributed by atoms with E-state index in [9.17, 15) is 9.59 Å². The standard InChI is InChI=1S/C11H20N2O4/c1-11(2,3)17-10(16)13-6-7(12)4-5-8(13)9(14)15/h7-8H,4-6,12H2,1-3H3,(H,14,15). The van der Waals surface area contributed by atoms with E-state index in [0.717, 1.165) is 0 Å². The van der Waals surface area contributed by atoms with Gasteiger partial charge in [-0.15, -0.1) is 0 Å². The number of likely N-dealkylation sites (tertiary alicyclic amines) is 1. The van der Waals surface area contributed by atoms with Crippen molar-refractivity contribution in [3.8, 4) is 0 Å². The molecule has 1 saturated heterocycles. The molecule has 1 fully saturated rings. The molecule has 2 unspecified atom stereocenters. The summed E-state index contributed by atoms with van der Waals surface area (Å²) in [5, 5.41) is 9.05. The molecule has 0 aliphatic carbocycles. The fourth-order valence-electron chi connectivity index (χ4n) is 1.78. The van der Waals surface area contributed by atoms with Gasteiger partial charge in [0, 0.05) is 12.6 Å². The second-order valence-electron chi connectivity index (χ2n) is 5.32. The summed E-state index contributed by atoms with van der Waals surface area (Å²) in [5.74, 6) is -1.01. The predicted octanol–water partition coefficient (Wildman–Crippen LogP) is 0.798. The molecule has 0 spiro atoms. The third-order valence-corrected chi connectivity index (χ3v) is 2.53. The molecule has 3 N–H and O–H groups in total. The van der Waals surface area contributed by atoms with Crippen LogP contribution in [0.1, 0.15) is 33.6 Å². The molecule has 0 aromatic rings. The van der Waals surface area contributed by atoms with Gasteiger partial charge >= 0.3 is 12.1 Å². The van der Waals surface area contributed by atoms with Crippen molar-refractivity contribution in [3.05, 3.63) is 0 Å². The lowest BCUT2D eigenvalue weighted by Crippen LogP contribution is -2.55. The fraction of sp³-hybridized carbons (Fsp3) is 0.818. The van der Waals surface area contributed by atoms with Gasteiger partial charge in [-0.3, -0.25) is 4.90 Å². The maximum absolute atomic E-state index is 11.9. The predicted molar refractivity (Wildman–Crippen MR) is 61.6 cm³/mol. The number of nitrogens with zero attached hydrogens (tertiary/aromatic N) is 1. The van der Waals surface area contributed by atoms with Gasteiger partial charge in [0.1, 0.15) is 11.6 Å². The maximum Gasteiger partial charge on any atom is 0.411 e. The molecule has 1 aliphatic heterocycles. The largest absolute Gasteiger partial charge is 0.480 e. The van der Waals surface area contributed by atoms with Gasteiger partial charge in [0.2, 0.25) is 0 Å². The lowest BCUT2D eigenvalue weighted by Gasteiger charge is -2.36. The Bertz CT molecular complexity index is 311. The highest BCUT2D eigenvalue weighted by Crippen LogP contribution is 2.20. The summed E-state index contributed by atoms with van der Waals surface area (Å²) < 4.78 is 5.17. The van der Waals surface area contributed by atoms with Crippen LogP contribution in [0, 0.1) is 0 Å². The number of carbonyl (C=O) groups excluding carboxylic acids is 1. The number of hydrogen-bond donors (Lipinski definition) is 2. The van der Waals surface area contributed by atoms with Gasteiger partial charge in [-0.2, -0.15) is 0 Å². The highest BCUT2D eigenvalue weighted by atomic mass is 16.6. The van der Waals surface area contributed by atoms with Crippen molar-refractivity contribution in [3.63, 3.8) is 0 Å². The van der Waals surface area contributed by atoms with E-state index >= 15 is 0 Å². The lowest BCUT2D eigenvalue weighted by atomic mass is 9.99. The quantitative estimate of drug-likeness (QED) is 0.711. The molecule has 0 aromatic carbocycles. The summed E-state index contributed by atoms with van der Waals surface area (Å²) in [5.41, 5.74) is 5.11. The van der Waals surface area contributed by atoms with E-state index in [1.54, 1.807) is 20.8 Å². The van der Waals surface area contributed by atoms with Gasteiger partial charge in [-0.25, -0.2) is 9.59 Å². The van der Waals surface area contributed by atoms with E-state index in [2.05, 4.69) is 0 Å². The van der Waals surface area contributed by atoms with E-state index in [4.69, 9.17) is 15.6 Å². The van der Waals surface area contributed by atoms with Crippen LogP contribution < -0.4 is 5.73 Å². The van der Waals surface area contributed by atoms with Crippen molar-refractivity contribution in [2.45, 2.75) is 51.3 Å². The Kier molecular flexibility index (Phi) is 3.98. The minimum Gasteiger partial charge on any atom is -0.480 e. The molecular formula is C11H20N2O4. The Morgan fingerprint density at radius 2 is 1.94 bits per heavy atom. The Balaban J connectivity index is 2.75. The number of carboxylic acids is 1. The van der Waals surface area contributed by atoms with Gasteiger partial charge in [0.25, 0.3) is 0 Å². The van der Waals surface area contributed by atoms with Crippen LogP contribution in [-0.2, 0) is 9.53 Å². The molecule has 0 bridgehead atoms. The molecule has 17 heavy (non-hydrogen) atoms. The average molecular weight is 244 g/mol. The third kappa shape index (κ3) is 3.89. The van der Waals surface area contributed by atoms with Crippen LogP contribution in [0.3, 0.4) is 0 Å². The van der Waals surface area contributed by atoms with E-state index in [1.807, 2.05) is 0 Å². The number of carbonyl (C=O) groups is 2. The summed E-state index contributed by atoms with van der Waals surface area (Å²) >= 11 is 0. The van der Waals surface area contributed by atoms with Crippen LogP contribution in [0.4, 0.5) is 4.79 Å². The van der Waals surface area contributed by atoms with Crippen LogP contribution >= 0.6 is 0 Å². The van der Waals surface area contributed by atoms with Gasteiger partial charge in [0.05, 0.1) is 0 Å². The molecule has 98 valence electrons. The first-order valence-electron chi connectivity index (χ1n) is 5.68. The van der Waals surface area contributed by atoms with Crippen molar-refractivity contribution in [2.24, 2.45) is 5.73 Å². The topological polar surface area (TPSA) is 92.9 Å². The van der Waals surface area contributed by atoms with E-state index in [1.165, 1.54) is 4.90 Å². The van der Waals surface area contributed by atoms with E-state index in [0.29, 0.717) is 12.8 Å². The maximum atomic E-state index is 11.9. The second-order valence-corrected chi connectivity index (χ2v) is 5.32. The molecule has 1 aliphatic rings. The molecule has 0 aromatic heterocycles. The lowest BCUT2D eigenvalue weighted by molar-refractivity contribution is -0.144. The minimum atomic E-state index is -1.01. The molecule has 6 nitrogen and oxygen atoms in total. The smallest absolute Gasteiger partial charge is 0.411 e. The van der Waals surface area contributed by atoms with Crippen LogP contribution in [0.5, 0.6) is 0 Å². The highest BCUT2D eigenvalue weighted by molar-refractivity contribution is 5.80. The summed E-state index contributed by atoms with van der Waals surface area (Å²) in [6.07, 6.45) is 0.367. The van der Waals surface area contributed by atoms with Gasteiger partial charge in [-0.05, 0) is 33.6 Å². The van der Waals surface area contributed by atoms with Crippen LogP contribution in [-0.4, -0.2) is 46.3 Å². The number of piperidine rings is 1. The Morgan fingerprint density at radius 1 is 1.35 bits per heavy atom. The van der Waals surface area contributed by atoms with Crippen LogP contribution in [0.25, 0.3) is 0 Å². The minimum absolute atomic E-state index is 0.182. The highest BCUT2D eigenvalue weighted by Gasteiger charge is 2.37. The Labute approximate surface area is 101 Å². The molecular weight excluding hydrogens is 224 g/mol. The van der Waals surface area contributed by atoms with Gasteiger partial charge < -0.3 is 15.6 Å². The SMILES string of the molecule is CC(C)(C)OC(=O)N1CC(N)CCC1C(=O)O. The molecule has 0 radical (unpaired) electrons. The zero-order valence-corrected chi connectivity index (χ0v) is 10.5. The summed E-state index contributed by atoms with van der Waals surface area (Å²) in [6.45, 7) is 5.45. The van der Waals surface area contributed by atoms with Crippen LogP contribution in [0.2, 0.25) is 0 Å². The van der Waals surface area contributed by atoms with Crippen molar-refractivity contribution in [2.75, 3.05) is 6.54 Å². The van der Waals surface area contributed by atoms with Crippen molar-refractivity contribution in [1.29, 1.82) is 0 Å². The van der Waals surface area contributed by atoms with E-state index in [-0.39, 0.29) is 12.6 Å². The molecule has 1 heterocycles. The van der Waals surface area contributed by atoms with Crippen molar-refractivity contribution in [1.82, 2.24) is 4.90 Å². The monoisotopic (exact) mass is 244 g/mol. The van der Waals surface area contributed by atoms with Gasteiger partial charge in [-0.1, -0.05) is 0 Å². The molecule has 6 heteroatoms. The van der Waals surface area contributed by atoms with Crippen LogP contribution in [0.15, 0.2) is 0 Å². The van der Waals surface area contributed by atoms with Crippen molar-refractivity contribution >= 4 is 12.1 Å². The fourth-order valence-corrected chi connectivity index (χ4v) is 1.78. The van der Waals surface area contributed by atoms with Crippen molar-refractivity contribution < 1.29 is 19.4 Å². The first-order chi connectivity index (χ1) is 7.70. The molecule has 0 saturated carbocycles. The summed E-state index contributed by atoms with van der Waals surface area (Å²) in [6, 6.07) is -1.01. The zero-order chi connectivity index (χ0) is 13.2. The number of rotatable bonds is 1. The number of aliphatic carboxylic acids is 1. The number of nitrogens with two attached hydrogens (primary N) is 1. The molecule has 1 rings (SSSR count). The number of ether oxygens (including phenoxy) is 1. The van der Waals surface area contributed by atoms with Gasteiger partial charge in [0.15, 0.2) is 0 Å². The summed E-state index contributed by atoms with van der Waals surface area (Å²) in [4.78, 5) is 24.1. The first kappa shape index (κ1) is 13.8. The number of hydrogen-bond acceptors (Lipinski definition) is 4. The first-order valence-corrected chi connectivity index (χ1v) is 5.68. The third-order valence-electron chi connectivity index (χ3n) is 2.53. The normalized spacial score (nSPS) is 25.5. The number of amides is 1. The average Bonchev–Trinajstić information content (AvgIpc) is 2.14. The zero-order valence-electron chi connectivity index (χ0n) is 10.5. The van der Waals surface area contributed by atoms with E-state index < -0.39 is 23.7 Å². The number of carboxylic acid groups (broad SMARTS) is 1. The summed E-state index contributed by atoms with van der Waals surface area (Å²) in [7, 11) is 0. The Morgan fingerprint density at radius 3 is 2.41 bits per heavy atom. The molecule has 2 atom stereocenters. The Hall–Kier alpha value is -1.30. The molecule has 1 amide bonds. The second kappa shape index (κ2) is 4.91.